The molecule has 2 atom stereocenters. The molecular formula is C23H21FN6O6. The van der Waals surface area contributed by atoms with E-state index in [0.29, 0.717) is 34.8 Å². The summed E-state index contributed by atoms with van der Waals surface area (Å²) in [5.74, 6) is -1.57. The topological polar surface area (TPSA) is 141 Å². The molecule has 12 nitrogen and oxygen atoms in total. The van der Waals surface area contributed by atoms with Crippen LogP contribution in [0.5, 0.6) is 0 Å². The molecule has 1 fully saturated rings. The molecule has 0 saturated carbocycles. The highest BCUT2D eigenvalue weighted by molar-refractivity contribution is 5.90. The molecule has 0 unspecified atom stereocenters. The summed E-state index contributed by atoms with van der Waals surface area (Å²) >= 11 is 0. The van der Waals surface area contributed by atoms with Gasteiger partial charge in [-0.15, -0.1) is 5.10 Å². The van der Waals surface area contributed by atoms with Gasteiger partial charge in [0.1, 0.15) is 24.6 Å². The fourth-order valence-electron chi connectivity index (χ4n) is 3.86. The lowest BCUT2D eigenvalue weighted by Crippen LogP contribution is -2.26. The van der Waals surface area contributed by atoms with Gasteiger partial charge in [0.05, 0.1) is 43.0 Å². The van der Waals surface area contributed by atoms with Crippen LogP contribution in [0.25, 0.3) is 16.8 Å². The van der Waals surface area contributed by atoms with Gasteiger partial charge in [-0.2, -0.15) is 0 Å². The Balaban J connectivity index is 1.24. The van der Waals surface area contributed by atoms with Gasteiger partial charge in [0.25, 0.3) is 0 Å². The second-order valence-corrected chi connectivity index (χ2v) is 8.09. The van der Waals surface area contributed by atoms with Crippen molar-refractivity contribution in [1.29, 1.82) is 0 Å². The van der Waals surface area contributed by atoms with E-state index >= 15 is 4.39 Å². The number of hydroxylamine groups is 1. The van der Waals surface area contributed by atoms with Gasteiger partial charge < -0.3 is 14.6 Å². The lowest BCUT2D eigenvalue weighted by Gasteiger charge is -2.14. The summed E-state index contributed by atoms with van der Waals surface area (Å²) in [5, 5.41) is 16.2. The Morgan fingerprint density at radius 1 is 1.31 bits per heavy atom. The first-order valence-electron chi connectivity index (χ1n) is 11.0. The number of cyclic esters (lactones) is 1. The first-order chi connectivity index (χ1) is 17.5. The number of carboxylic acid groups (broad SMARTS) is 1. The highest BCUT2D eigenvalue weighted by atomic mass is 19.1. The van der Waals surface area contributed by atoms with Gasteiger partial charge in [-0.3, -0.25) is 20.2 Å². The number of nitrogens with zero attached hydrogens (tertiary/aromatic N) is 5. The van der Waals surface area contributed by atoms with Crippen LogP contribution in [0.1, 0.15) is 5.69 Å². The number of halogens is 1. The Morgan fingerprint density at radius 3 is 2.92 bits per heavy atom. The van der Waals surface area contributed by atoms with Gasteiger partial charge >= 0.3 is 12.1 Å². The smallest absolute Gasteiger partial charge is 0.414 e. The molecule has 2 aliphatic rings. The summed E-state index contributed by atoms with van der Waals surface area (Å²) in [5.41, 5.74) is 5.16. The minimum Gasteiger partial charge on any atom is -0.480 e. The van der Waals surface area contributed by atoms with Crippen LogP contribution in [0, 0.1) is 5.82 Å². The third-order valence-electron chi connectivity index (χ3n) is 5.53. The maximum absolute atomic E-state index is 15.0. The lowest BCUT2D eigenvalue weighted by atomic mass is 10.1. The minimum atomic E-state index is -1.06. The average molecular weight is 496 g/mol. The average Bonchev–Trinajstić information content (AvgIpc) is 3.61. The molecule has 1 saturated heterocycles. The molecule has 5 rings (SSSR count). The summed E-state index contributed by atoms with van der Waals surface area (Å²) in [4.78, 5) is 33.9. The summed E-state index contributed by atoms with van der Waals surface area (Å²) in [6, 6.07) is 7.96. The standard InChI is InChI=1S/C23H21FN6O6/c24-19-7-15(30-11-17(35-23(30)33)10-29-6-5-26-28-29)2-3-18(19)14-1-4-20(25-9-14)21-8-16(36-27-21)12-34-13-22(31)32/h1-9,16-17,27H,10-13H2,(H,31,32)/t16-,17-/m0/s1. The molecule has 2 aliphatic heterocycles. The van der Waals surface area contributed by atoms with E-state index in [1.54, 1.807) is 41.2 Å². The Labute approximate surface area is 203 Å². The van der Waals surface area contributed by atoms with Crippen LogP contribution in [-0.4, -0.2) is 69.1 Å². The first-order valence-corrected chi connectivity index (χ1v) is 11.0. The first kappa shape index (κ1) is 23.4. The zero-order valence-electron chi connectivity index (χ0n) is 18.8. The van der Waals surface area contributed by atoms with Crippen LogP contribution in [0.15, 0.2) is 55.0 Å². The summed E-state index contributed by atoms with van der Waals surface area (Å²) in [6.45, 7) is 0.278. The number of carboxylic acids is 1. The summed E-state index contributed by atoms with van der Waals surface area (Å²) < 4.78 is 27.0. The van der Waals surface area contributed by atoms with E-state index in [0.717, 1.165) is 0 Å². The highest BCUT2D eigenvalue weighted by Gasteiger charge is 2.33. The van der Waals surface area contributed by atoms with E-state index in [4.69, 9.17) is 19.4 Å². The molecule has 4 heterocycles. The molecule has 2 N–H and O–H groups in total. The molecule has 1 amide bonds. The van der Waals surface area contributed by atoms with Crippen LogP contribution in [0.3, 0.4) is 0 Å². The maximum atomic E-state index is 15.0. The van der Waals surface area contributed by atoms with E-state index in [9.17, 15) is 9.59 Å². The molecule has 0 spiro atoms. The number of anilines is 1. The van der Waals surface area contributed by atoms with Crippen LogP contribution >= 0.6 is 0 Å². The van der Waals surface area contributed by atoms with Crippen LogP contribution in [0.4, 0.5) is 14.9 Å². The maximum Gasteiger partial charge on any atom is 0.414 e. The number of benzene rings is 1. The second-order valence-electron chi connectivity index (χ2n) is 8.09. The number of rotatable bonds is 9. The zero-order chi connectivity index (χ0) is 25.1. The van der Waals surface area contributed by atoms with Gasteiger partial charge in [-0.25, -0.2) is 18.7 Å². The van der Waals surface area contributed by atoms with Crippen molar-refractivity contribution in [2.75, 3.05) is 24.7 Å². The van der Waals surface area contributed by atoms with Gasteiger partial charge in [-0.1, -0.05) is 11.3 Å². The van der Waals surface area contributed by atoms with Crippen molar-refractivity contribution < 1.29 is 33.4 Å². The number of amides is 1. The van der Waals surface area contributed by atoms with Gasteiger partial charge in [-0.05, 0) is 30.3 Å². The fourth-order valence-corrected chi connectivity index (χ4v) is 3.86. The number of nitrogens with one attached hydrogen (secondary N) is 1. The molecule has 186 valence electrons. The Morgan fingerprint density at radius 2 is 2.19 bits per heavy atom. The highest BCUT2D eigenvalue weighted by Crippen LogP contribution is 2.30. The third-order valence-corrected chi connectivity index (χ3v) is 5.53. The second kappa shape index (κ2) is 10.1. The third kappa shape index (κ3) is 5.16. The largest absolute Gasteiger partial charge is 0.480 e. The van der Waals surface area contributed by atoms with Crippen molar-refractivity contribution in [3.05, 3.63) is 66.5 Å². The molecular weight excluding hydrogens is 475 g/mol. The number of aromatic nitrogens is 4. The Kier molecular flexibility index (Phi) is 6.56. The van der Waals surface area contributed by atoms with E-state index < -0.39 is 36.7 Å². The van der Waals surface area contributed by atoms with E-state index in [2.05, 4.69) is 20.8 Å². The van der Waals surface area contributed by atoms with Gasteiger partial charge in [0.15, 0.2) is 0 Å². The van der Waals surface area contributed by atoms with Crippen LogP contribution in [-0.2, 0) is 25.7 Å². The normalized spacial score (nSPS) is 19.2. The van der Waals surface area contributed by atoms with Gasteiger partial charge in [0, 0.05) is 23.5 Å². The fraction of sp³-hybridized carbons (Fsp3) is 0.261. The number of pyridine rings is 1. The number of carbonyl (C=O) groups excluding carboxylic acids is 1. The summed E-state index contributed by atoms with van der Waals surface area (Å²) in [7, 11) is 0. The molecule has 36 heavy (non-hydrogen) atoms. The van der Waals surface area contributed by atoms with E-state index in [1.165, 1.54) is 23.4 Å². The molecule has 1 aromatic carbocycles. The monoisotopic (exact) mass is 496 g/mol. The van der Waals surface area contributed by atoms with Gasteiger partial charge in [0.2, 0.25) is 0 Å². The van der Waals surface area contributed by atoms with Crippen molar-refractivity contribution in [2.45, 2.75) is 18.8 Å². The molecule has 0 radical (unpaired) electrons. The Hall–Kier alpha value is -4.36. The summed E-state index contributed by atoms with van der Waals surface area (Å²) in [6.07, 6.45) is 5.03. The predicted molar refractivity (Wildman–Crippen MR) is 122 cm³/mol. The molecule has 13 heteroatoms. The van der Waals surface area contributed by atoms with Crippen LogP contribution < -0.4 is 10.4 Å². The molecule has 2 aromatic heterocycles. The van der Waals surface area contributed by atoms with Crippen molar-refractivity contribution in [1.82, 2.24) is 25.5 Å². The Bertz CT molecular complexity index is 1280. The van der Waals surface area contributed by atoms with Crippen molar-refractivity contribution in [3.8, 4) is 11.1 Å². The predicted octanol–water partition coefficient (Wildman–Crippen LogP) is 1.85. The van der Waals surface area contributed by atoms with Crippen molar-refractivity contribution in [3.63, 3.8) is 0 Å². The van der Waals surface area contributed by atoms with E-state index in [-0.39, 0.29) is 13.2 Å². The number of carbonyl (C=O) groups is 2. The lowest BCUT2D eigenvalue weighted by molar-refractivity contribution is -0.143. The SMILES string of the molecule is O=C(O)COC[C@@H]1C=C(c2ccc(-c3ccc(N4C[C@H](Cn5ccnn5)OC4=O)cc3F)cn2)NO1. The number of ether oxygens (including phenoxy) is 2. The minimum absolute atomic E-state index is 0.0736. The van der Waals surface area contributed by atoms with Crippen molar-refractivity contribution >= 4 is 23.4 Å². The molecule has 0 bridgehead atoms. The van der Waals surface area contributed by atoms with E-state index in [1.807, 2.05) is 0 Å². The molecule has 0 aliphatic carbocycles. The van der Waals surface area contributed by atoms with Crippen molar-refractivity contribution in [2.24, 2.45) is 0 Å². The van der Waals surface area contributed by atoms with Crippen LogP contribution in [0.2, 0.25) is 0 Å². The quantitative estimate of drug-likeness (QED) is 0.451. The molecule has 3 aromatic rings. The number of hydrogen-bond acceptors (Lipinski definition) is 9. The number of aliphatic carboxylic acids is 1. The number of hydrogen-bond donors (Lipinski definition) is 2. The zero-order valence-corrected chi connectivity index (χ0v) is 18.8.